The van der Waals surface area contributed by atoms with Crippen LogP contribution >= 0.6 is 11.8 Å². The van der Waals surface area contributed by atoms with Gasteiger partial charge in [-0.15, -0.1) is 0 Å². The van der Waals surface area contributed by atoms with Gasteiger partial charge in [0.2, 0.25) is 0 Å². The first-order chi connectivity index (χ1) is 19.3. The molecule has 2 aromatic rings. The number of rotatable bonds is 16. The summed E-state index contributed by atoms with van der Waals surface area (Å²) in [6, 6.07) is 12.8. The second-order valence-corrected chi connectivity index (χ2v) is 12.1. The zero-order valence-electron chi connectivity index (χ0n) is 24.6. The summed E-state index contributed by atoms with van der Waals surface area (Å²) in [6.45, 7) is 7.27. The zero-order chi connectivity index (χ0) is 28.9. The topological polar surface area (TPSA) is 84.9 Å². The summed E-state index contributed by atoms with van der Waals surface area (Å²) in [5.74, 6) is -0.0629. The molecule has 0 saturated heterocycles. The van der Waals surface area contributed by atoms with Gasteiger partial charge in [-0.05, 0) is 85.4 Å². The Labute approximate surface area is 262 Å². The molecule has 8 heteroatoms. The van der Waals surface area contributed by atoms with E-state index in [2.05, 4.69) is 19.2 Å². The van der Waals surface area contributed by atoms with Crippen molar-refractivity contribution >= 4 is 42.5 Å². The van der Waals surface area contributed by atoms with Crippen molar-refractivity contribution in [2.45, 2.75) is 97.0 Å². The fourth-order valence-corrected chi connectivity index (χ4v) is 5.76. The molecule has 0 heterocycles. The molecule has 1 aliphatic rings. The van der Waals surface area contributed by atoms with Gasteiger partial charge in [0, 0.05) is 5.56 Å². The van der Waals surface area contributed by atoms with E-state index in [-0.39, 0.29) is 37.0 Å². The molecular weight excluding hydrogens is 529 g/mol. The number of hydrogen-bond acceptors (Lipinski definition) is 5. The molecule has 6 nitrogen and oxygen atoms in total. The number of aliphatic carboxylic acids is 1. The molecular formula is C33H48LiNO5S. The van der Waals surface area contributed by atoms with Crippen LogP contribution in [0.25, 0.3) is 11.1 Å². The van der Waals surface area contributed by atoms with Crippen LogP contribution in [0.15, 0.2) is 42.5 Å². The van der Waals surface area contributed by atoms with Crippen LogP contribution in [-0.2, 0) is 20.9 Å². The number of nitrogens with one attached hydrogen (secondary N) is 1. The number of carboxylic acids is 1. The summed E-state index contributed by atoms with van der Waals surface area (Å²) in [7, 11) is 0. The van der Waals surface area contributed by atoms with Crippen LogP contribution in [0.2, 0.25) is 0 Å². The van der Waals surface area contributed by atoms with E-state index in [4.69, 9.17) is 9.47 Å². The number of amides is 1. The van der Waals surface area contributed by atoms with Crippen LogP contribution in [0.3, 0.4) is 0 Å². The Morgan fingerprint density at radius 1 is 1.07 bits per heavy atom. The van der Waals surface area contributed by atoms with Gasteiger partial charge in [-0.25, -0.2) is 4.79 Å². The SMILES string of the molecule is CCC(C)OCC(CC1CCCCC1)OCc1ccc(C(=O)NC(CCSC)C(=O)O)c(-c2ccccc2C)c1.[LiH]. The Morgan fingerprint density at radius 2 is 1.80 bits per heavy atom. The number of thioether (sulfide) groups is 1. The third-order valence-corrected chi connectivity index (χ3v) is 8.57. The number of carbonyl (C=O) groups excluding carboxylic acids is 1. The van der Waals surface area contributed by atoms with Gasteiger partial charge < -0.3 is 19.9 Å². The van der Waals surface area contributed by atoms with Crippen molar-refractivity contribution in [2.75, 3.05) is 18.6 Å². The number of hydrogen-bond donors (Lipinski definition) is 2. The summed E-state index contributed by atoms with van der Waals surface area (Å²) >= 11 is 1.56. The van der Waals surface area contributed by atoms with E-state index >= 15 is 0 Å². The Morgan fingerprint density at radius 3 is 2.46 bits per heavy atom. The summed E-state index contributed by atoms with van der Waals surface area (Å²) in [6.07, 6.45) is 11.0. The molecule has 0 aliphatic heterocycles. The van der Waals surface area contributed by atoms with Gasteiger partial charge in [0.15, 0.2) is 0 Å². The molecule has 1 fully saturated rings. The first kappa shape index (κ1) is 35.4. The van der Waals surface area contributed by atoms with Gasteiger partial charge in [-0.2, -0.15) is 11.8 Å². The predicted octanol–water partition coefficient (Wildman–Crippen LogP) is 6.62. The molecule has 3 unspecified atom stereocenters. The molecule has 1 amide bonds. The van der Waals surface area contributed by atoms with Crippen LogP contribution in [0.4, 0.5) is 0 Å². The third kappa shape index (κ3) is 11.5. The van der Waals surface area contributed by atoms with Gasteiger partial charge in [0.1, 0.15) is 6.04 Å². The van der Waals surface area contributed by atoms with Crippen molar-refractivity contribution in [2.24, 2.45) is 5.92 Å². The molecule has 3 atom stereocenters. The summed E-state index contributed by atoms with van der Waals surface area (Å²) in [4.78, 5) is 25.2. The van der Waals surface area contributed by atoms with E-state index in [9.17, 15) is 14.7 Å². The van der Waals surface area contributed by atoms with Crippen molar-refractivity contribution in [3.05, 3.63) is 59.2 Å². The van der Waals surface area contributed by atoms with Gasteiger partial charge in [0.05, 0.1) is 25.4 Å². The Kier molecular flexibility index (Phi) is 16.2. The third-order valence-electron chi connectivity index (χ3n) is 7.93. The maximum absolute atomic E-state index is 13.4. The van der Waals surface area contributed by atoms with Gasteiger partial charge in [-0.1, -0.05) is 69.4 Å². The Balaban J connectivity index is 0.00000588. The molecule has 2 aromatic carbocycles. The molecule has 0 bridgehead atoms. The molecule has 2 N–H and O–H groups in total. The Bertz CT molecular complexity index is 1090. The number of benzene rings is 2. The summed E-state index contributed by atoms with van der Waals surface area (Å²) in [5, 5.41) is 12.4. The fourth-order valence-electron chi connectivity index (χ4n) is 5.29. The first-order valence-electron chi connectivity index (χ1n) is 14.8. The number of aryl methyl sites for hydroxylation is 1. The minimum atomic E-state index is -1.02. The van der Waals surface area contributed by atoms with Crippen molar-refractivity contribution in [3.63, 3.8) is 0 Å². The average molecular weight is 578 g/mol. The molecule has 41 heavy (non-hydrogen) atoms. The number of carboxylic acid groups (broad SMARTS) is 1. The summed E-state index contributed by atoms with van der Waals surface area (Å²) < 4.78 is 12.6. The van der Waals surface area contributed by atoms with E-state index in [1.54, 1.807) is 17.8 Å². The number of carbonyl (C=O) groups is 2. The van der Waals surface area contributed by atoms with Crippen molar-refractivity contribution in [3.8, 4) is 11.1 Å². The second-order valence-electron chi connectivity index (χ2n) is 11.1. The van der Waals surface area contributed by atoms with Crippen LogP contribution in [0.5, 0.6) is 0 Å². The minimum absolute atomic E-state index is 0. The summed E-state index contributed by atoms with van der Waals surface area (Å²) in [5.41, 5.74) is 4.22. The average Bonchev–Trinajstić information content (AvgIpc) is 2.96. The van der Waals surface area contributed by atoms with Crippen LogP contribution in [0, 0.1) is 12.8 Å². The maximum atomic E-state index is 13.4. The second kappa shape index (κ2) is 18.7. The van der Waals surface area contributed by atoms with Crippen molar-refractivity contribution in [1.29, 1.82) is 0 Å². The van der Waals surface area contributed by atoms with Gasteiger partial charge in [0.25, 0.3) is 5.91 Å². The molecule has 1 aliphatic carbocycles. The molecule has 0 aromatic heterocycles. The van der Waals surface area contributed by atoms with Crippen LogP contribution < -0.4 is 5.32 Å². The van der Waals surface area contributed by atoms with E-state index in [0.29, 0.717) is 36.9 Å². The van der Waals surface area contributed by atoms with Crippen LogP contribution in [0.1, 0.15) is 86.7 Å². The first-order valence-corrected chi connectivity index (χ1v) is 16.2. The van der Waals surface area contributed by atoms with E-state index < -0.39 is 12.0 Å². The molecule has 3 rings (SSSR count). The van der Waals surface area contributed by atoms with Gasteiger partial charge >= 0.3 is 24.8 Å². The molecule has 0 radical (unpaired) electrons. The number of ether oxygens (including phenoxy) is 2. The Hall–Kier alpha value is -1.75. The monoisotopic (exact) mass is 577 g/mol. The fraction of sp³-hybridized carbons (Fsp3) is 0.576. The standard InChI is InChI=1S/C33H47NO5S.Li.H/c1-5-24(3)38-22-27(19-25-12-7-6-8-13-25)39-21-26-15-16-29(30(20-26)28-14-10-9-11-23(28)2)32(35)34-31(33(36)37)17-18-40-4;;/h9-11,14-16,20,24-25,27,31H,5-8,12-13,17-19,21-22H2,1-4H3,(H,34,35)(H,36,37);;. The molecule has 0 spiro atoms. The van der Waals surface area contributed by atoms with Gasteiger partial charge in [-0.3, -0.25) is 4.79 Å². The van der Waals surface area contributed by atoms with Crippen molar-refractivity contribution < 1.29 is 24.2 Å². The van der Waals surface area contributed by atoms with E-state index in [0.717, 1.165) is 35.1 Å². The quantitative estimate of drug-likeness (QED) is 0.218. The van der Waals surface area contributed by atoms with Crippen LogP contribution in [-0.4, -0.2) is 72.7 Å². The van der Waals surface area contributed by atoms with E-state index in [1.807, 2.05) is 49.6 Å². The molecule has 222 valence electrons. The zero-order valence-corrected chi connectivity index (χ0v) is 25.4. The molecule has 1 saturated carbocycles. The predicted molar refractivity (Wildman–Crippen MR) is 171 cm³/mol. The normalized spacial score (nSPS) is 15.9. The van der Waals surface area contributed by atoms with Crippen molar-refractivity contribution in [1.82, 2.24) is 5.32 Å². The van der Waals surface area contributed by atoms with E-state index in [1.165, 1.54) is 32.1 Å².